The van der Waals surface area contributed by atoms with Crippen molar-refractivity contribution < 1.29 is 17.9 Å². The van der Waals surface area contributed by atoms with Gasteiger partial charge in [-0.05, 0) is 43.5 Å². The van der Waals surface area contributed by atoms with Crippen LogP contribution in [0, 0.1) is 13.8 Å². The molecule has 140 valence electrons. The molecule has 7 nitrogen and oxygen atoms in total. The summed E-state index contributed by atoms with van der Waals surface area (Å²) in [6.07, 6.45) is 2.83. The summed E-state index contributed by atoms with van der Waals surface area (Å²) in [6, 6.07) is 7.99. The van der Waals surface area contributed by atoms with E-state index >= 15 is 0 Å². The first-order valence-electron chi connectivity index (χ1n) is 8.09. The number of hydrogen-bond donors (Lipinski definition) is 2. The lowest BCUT2D eigenvalue weighted by Crippen LogP contribution is -2.37. The molecule has 2 aromatic rings. The van der Waals surface area contributed by atoms with E-state index in [9.17, 15) is 13.2 Å². The van der Waals surface area contributed by atoms with Gasteiger partial charge in [-0.1, -0.05) is 6.07 Å². The van der Waals surface area contributed by atoms with Crippen molar-refractivity contribution >= 4 is 21.4 Å². The lowest BCUT2D eigenvalue weighted by Gasteiger charge is -2.14. The number of anilines is 1. The number of pyridine rings is 1. The van der Waals surface area contributed by atoms with Gasteiger partial charge in [0, 0.05) is 30.3 Å². The van der Waals surface area contributed by atoms with Crippen molar-refractivity contribution in [2.45, 2.75) is 26.3 Å². The molecule has 0 aliphatic heterocycles. The van der Waals surface area contributed by atoms with E-state index in [1.165, 1.54) is 0 Å². The summed E-state index contributed by atoms with van der Waals surface area (Å²) in [5.74, 6) is 0.437. The maximum atomic E-state index is 12.1. The van der Waals surface area contributed by atoms with Crippen LogP contribution in [0.3, 0.4) is 0 Å². The highest BCUT2D eigenvalue weighted by Crippen LogP contribution is 2.27. The number of ether oxygens (including phenoxy) is 1. The molecule has 8 heteroatoms. The van der Waals surface area contributed by atoms with Crippen LogP contribution in [0.2, 0.25) is 0 Å². The number of aromatic nitrogens is 1. The first kappa shape index (κ1) is 19.9. The highest BCUT2D eigenvalue weighted by Gasteiger charge is 2.16. The molecule has 0 saturated carbocycles. The van der Waals surface area contributed by atoms with Crippen molar-refractivity contribution in [3.63, 3.8) is 0 Å². The lowest BCUT2D eigenvalue weighted by atomic mass is 10.2. The second-order valence-corrected chi connectivity index (χ2v) is 8.53. The summed E-state index contributed by atoms with van der Waals surface area (Å²) >= 11 is 0. The molecule has 1 amide bonds. The fourth-order valence-corrected chi connectivity index (χ4v) is 2.85. The number of nitrogens with zero attached hydrogens (tertiary/aromatic N) is 1. The molecule has 0 fully saturated rings. The molecule has 3 N–H and O–H groups in total. The maximum absolute atomic E-state index is 12.1. The minimum absolute atomic E-state index is 0.0626. The van der Waals surface area contributed by atoms with E-state index in [2.05, 4.69) is 10.3 Å². The molecule has 1 aromatic heterocycles. The average Bonchev–Trinajstić information content (AvgIpc) is 2.55. The lowest BCUT2D eigenvalue weighted by molar-refractivity contribution is -0.117. The number of sulfone groups is 1. The van der Waals surface area contributed by atoms with Crippen LogP contribution < -0.4 is 15.8 Å². The fraction of sp³-hybridized carbons (Fsp3) is 0.333. The number of carbonyl (C=O) groups is 1. The molecule has 1 heterocycles. The van der Waals surface area contributed by atoms with Gasteiger partial charge in [-0.15, -0.1) is 0 Å². The standard InChI is InChI=1S/C18H23N3O4S/c1-12-6-8-20-17(10-12)25-16-11-14(5-4-13(16)2)21-18(22)15(19)7-9-26(3,23)24/h4-6,8,10-11,15H,7,9,19H2,1-3H3,(H,21,22). The molecular formula is C18H23N3O4S. The second kappa shape index (κ2) is 8.29. The summed E-state index contributed by atoms with van der Waals surface area (Å²) in [7, 11) is -3.16. The Morgan fingerprint density at radius 2 is 2.00 bits per heavy atom. The first-order chi connectivity index (χ1) is 12.1. The smallest absolute Gasteiger partial charge is 0.241 e. The third kappa shape index (κ3) is 6.12. The Morgan fingerprint density at radius 1 is 1.27 bits per heavy atom. The van der Waals surface area contributed by atoms with Gasteiger partial charge < -0.3 is 15.8 Å². The van der Waals surface area contributed by atoms with Gasteiger partial charge in [0.1, 0.15) is 15.6 Å². The molecule has 0 aliphatic carbocycles. The number of carbonyl (C=O) groups excluding carboxylic acids is 1. The summed E-state index contributed by atoms with van der Waals surface area (Å²) in [5.41, 5.74) is 8.18. The van der Waals surface area contributed by atoms with Gasteiger partial charge in [0.2, 0.25) is 11.8 Å². The van der Waals surface area contributed by atoms with Gasteiger partial charge in [0.25, 0.3) is 0 Å². The zero-order valence-corrected chi connectivity index (χ0v) is 15.8. The van der Waals surface area contributed by atoms with Crippen LogP contribution in [0.15, 0.2) is 36.5 Å². The van der Waals surface area contributed by atoms with Crippen LogP contribution in [0.1, 0.15) is 17.5 Å². The number of nitrogens with one attached hydrogen (secondary N) is 1. The molecule has 1 atom stereocenters. The summed E-state index contributed by atoms with van der Waals surface area (Å²) in [4.78, 5) is 16.3. The third-order valence-electron chi connectivity index (χ3n) is 3.70. The van der Waals surface area contributed by atoms with Gasteiger partial charge in [-0.25, -0.2) is 13.4 Å². The van der Waals surface area contributed by atoms with Crippen molar-refractivity contribution in [1.29, 1.82) is 0 Å². The van der Waals surface area contributed by atoms with Crippen LogP contribution in [0.5, 0.6) is 11.6 Å². The topological polar surface area (TPSA) is 111 Å². The van der Waals surface area contributed by atoms with E-state index in [1.54, 1.807) is 18.3 Å². The summed E-state index contributed by atoms with van der Waals surface area (Å²) in [5, 5.41) is 2.68. The van der Waals surface area contributed by atoms with Crippen LogP contribution in [-0.2, 0) is 14.6 Å². The van der Waals surface area contributed by atoms with Crippen LogP contribution in [0.4, 0.5) is 5.69 Å². The van der Waals surface area contributed by atoms with Gasteiger partial charge in [-0.2, -0.15) is 0 Å². The molecule has 0 bridgehead atoms. The van der Waals surface area contributed by atoms with Crippen molar-refractivity contribution in [3.8, 4) is 11.6 Å². The minimum Gasteiger partial charge on any atom is -0.439 e. The summed E-state index contributed by atoms with van der Waals surface area (Å²) < 4.78 is 28.2. The molecule has 0 spiro atoms. The van der Waals surface area contributed by atoms with Crippen LogP contribution in [-0.4, -0.2) is 37.4 Å². The molecule has 0 saturated heterocycles. The zero-order chi connectivity index (χ0) is 19.3. The van der Waals surface area contributed by atoms with E-state index < -0.39 is 21.8 Å². The van der Waals surface area contributed by atoms with Crippen LogP contribution in [0.25, 0.3) is 0 Å². The van der Waals surface area contributed by atoms with Crippen LogP contribution >= 0.6 is 0 Å². The number of benzene rings is 1. The maximum Gasteiger partial charge on any atom is 0.241 e. The Balaban J connectivity index is 2.07. The number of amides is 1. The summed E-state index contributed by atoms with van der Waals surface area (Å²) in [6.45, 7) is 3.82. The SMILES string of the molecule is Cc1ccnc(Oc2cc(NC(=O)C(N)CCS(C)(=O)=O)ccc2C)c1. The monoisotopic (exact) mass is 377 g/mol. The Kier molecular flexibility index (Phi) is 6.33. The molecule has 2 rings (SSSR count). The largest absolute Gasteiger partial charge is 0.439 e. The third-order valence-corrected chi connectivity index (χ3v) is 4.67. The van der Waals surface area contributed by atoms with Gasteiger partial charge in [0.05, 0.1) is 11.8 Å². The van der Waals surface area contributed by atoms with Gasteiger partial charge >= 0.3 is 0 Å². The number of rotatable bonds is 7. The molecule has 26 heavy (non-hydrogen) atoms. The first-order valence-corrected chi connectivity index (χ1v) is 10.2. The van der Waals surface area contributed by atoms with E-state index in [0.717, 1.165) is 17.4 Å². The van der Waals surface area contributed by atoms with E-state index in [4.69, 9.17) is 10.5 Å². The molecule has 1 unspecified atom stereocenters. The molecular weight excluding hydrogens is 354 g/mol. The Bertz CT molecular complexity index is 897. The van der Waals surface area contributed by atoms with E-state index in [0.29, 0.717) is 17.3 Å². The Hall–Kier alpha value is -2.45. The van der Waals surface area contributed by atoms with E-state index in [-0.39, 0.29) is 12.2 Å². The molecule has 1 aromatic carbocycles. The van der Waals surface area contributed by atoms with Crippen molar-refractivity contribution in [2.75, 3.05) is 17.3 Å². The Morgan fingerprint density at radius 3 is 2.65 bits per heavy atom. The van der Waals surface area contributed by atoms with Crippen molar-refractivity contribution in [2.24, 2.45) is 5.73 Å². The van der Waals surface area contributed by atoms with Gasteiger partial charge in [-0.3, -0.25) is 4.79 Å². The number of hydrogen-bond acceptors (Lipinski definition) is 6. The molecule has 0 radical (unpaired) electrons. The normalized spacial score (nSPS) is 12.5. The Labute approximate surface area is 153 Å². The fourth-order valence-electron chi connectivity index (χ4n) is 2.17. The van der Waals surface area contributed by atoms with Crippen molar-refractivity contribution in [1.82, 2.24) is 4.98 Å². The average molecular weight is 377 g/mol. The van der Waals surface area contributed by atoms with Crippen molar-refractivity contribution in [3.05, 3.63) is 47.7 Å². The van der Waals surface area contributed by atoms with E-state index in [1.807, 2.05) is 32.0 Å². The highest BCUT2D eigenvalue weighted by atomic mass is 32.2. The quantitative estimate of drug-likeness (QED) is 0.765. The van der Waals surface area contributed by atoms with Gasteiger partial charge in [0.15, 0.2) is 0 Å². The minimum atomic E-state index is -3.16. The number of nitrogens with two attached hydrogens (primary N) is 1. The number of aryl methyl sites for hydroxylation is 2. The second-order valence-electron chi connectivity index (χ2n) is 6.27. The highest BCUT2D eigenvalue weighted by molar-refractivity contribution is 7.90. The predicted molar refractivity (Wildman–Crippen MR) is 101 cm³/mol. The predicted octanol–water partition coefficient (Wildman–Crippen LogP) is 2.19. The molecule has 0 aliphatic rings. The zero-order valence-electron chi connectivity index (χ0n) is 15.0.